The van der Waals surface area contributed by atoms with Gasteiger partial charge in [-0.1, -0.05) is 71.7 Å². The molecule has 6 nitrogen and oxygen atoms in total. The van der Waals surface area contributed by atoms with E-state index in [1.54, 1.807) is 49.4 Å². The van der Waals surface area contributed by atoms with Crippen molar-refractivity contribution in [3.05, 3.63) is 118 Å². The third kappa shape index (κ3) is 4.30. The number of rotatable bonds is 5. The van der Waals surface area contributed by atoms with Crippen LogP contribution in [0.25, 0.3) is 10.9 Å². The minimum Gasteiger partial charge on any atom is -0.463 e. The molecule has 6 atom stereocenters. The van der Waals surface area contributed by atoms with Gasteiger partial charge in [0.1, 0.15) is 0 Å². The number of halogens is 2. The zero-order valence-electron chi connectivity index (χ0n) is 22.7. The van der Waals surface area contributed by atoms with Crippen LogP contribution in [0.1, 0.15) is 41.6 Å². The summed E-state index contributed by atoms with van der Waals surface area (Å²) in [6.07, 6.45) is 1.87. The third-order valence-electron chi connectivity index (χ3n) is 8.83. The molecule has 0 saturated heterocycles. The molecule has 3 aromatic carbocycles. The molecule has 0 unspecified atom stereocenters. The monoisotopic (exact) mass is 595 g/mol. The highest BCUT2D eigenvalue weighted by Gasteiger charge is 2.65. The fraction of sp³-hybridized carbons (Fsp3) is 0.265. The zero-order chi connectivity index (χ0) is 29.6. The molecule has 1 N–H and O–H groups in total. The summed E-state index contributed by atoms with van der Waals surface area (Å²) in [4.78, 5) is 12.5. The number of hydrogen-bond donors (Lipinski definition) is 1. The first-order valence-electron chi connectivity index (χ1n) is 13.8. The molecule has 8 heteroatoms. The van der Waals surface area contributed by atoms with E-state index in [0.717, 1.165) is 22.2 Å². The van der Waals surface area contributed by atoms with Gasteiger partial charge in [0.05, 0.1) is 30.9 Å². The molecule has 2 aliphatic rings. The summed E-state index contributed by atoms with van der Waals surface area (Å²) in [6.45, 7) is 1.91. The van der Waals surface area contributed by atoms with Gasteiger partial charge < -0.3 is 14.4 Å². The Labute approximate surface area is 254 Å². The van der Waals surface area contributed by atoms with Crippen molar-refractivity contribution < 1.29 is 14.6 Å². The van der Waals surface area contributed by atoms with Gasteiger partial charge in [-0.3, -0.25) is 0 Å². The summed E-state index contributed by atoms with van der Waals surface area (Å²) < 4.78 is 7.30. The summed E-state index contributed by atoms with van der Waals surface area (Å²) in [6, 6.07) is 28.9. The second-order valence-electron chi connectivity index (χ2n) is 10.9. The van der Waals surface area contributed by atoms with Crippen LogP contribution in [0.3, 0.4) is 0 Å². The summed E-state index contributed by atoms with van der Waals surface area (Å²) in [5.74, 6) is -3.31. The van der Waals surface area contributed by atoms with Gasteiger partial charge in [0.2, 0.25) is 0 Å². The number of aromatic nitrogens is 1. The predicted molar refractivity (Wildman–Crippen MR) is 161 cm³/mol. The number of benzene rings is 3. The summed E-state index contributed by atoms with van der Waals surface area (Å²) in [5.41, 5.74) is 1.73. The van der Waals surface area contributed by atoms with Crippen molar-refractivity contribution >= 4 is 40.1 Å². The average Bonchev–Trinajstić information content (AvgIpc) is 3.53. The number of fused-ring (bicyclic) bond motifs is 5. The van der Waals surface area contributed by atoms with Gasteiger partial charge in [-0.05, 0) is 59.8 Å². The molecule has 0 bridgehead atoms. The van der Waals surface area contributed by atoms with Crippen LogP contribution in [-0.2, 0) is 9.53 Å². The molecule has 42 heavy (non-hydrogen) atoms. The first-order chi connectivity index (χ1) is 20.3. The molecular formula is C34H27Cl2N3O3. The van der Waals surface area contributed by atoms with Crippen LogP contribution in [0.4, 0.5) is 0 Å². The number of nitrogens with zero attached hydrogens (tertiary/aromatic N) is 3. The largest absolute Gasteiger partial charge is 0.463 e. The van der Waals surface area contributed by atoms with Crippen LogP contribution < -0.4 is 0 Å². The van der Waals surface area contributed by atoms with E-state index >= 15 is 0 Å². The highest BCUT2D eigenvalue weighted by molar-refractivity contribution is 6.30. The van der Waals surface area contributed by atoms with E-state index < -0.39 is 47.2 Å². The third-order valence-corrected chi connectivity index (χ3v) is 9.33. The van der Waals surface area contributed by atoms with Crippen molar-refractivity contribution in [1.29, 1.82) is 10.5 Å². The smallest absolute Gasteiger partial charge is 0.330 e. The van der Waals surface area contributed by atoms with Crippen molar-refractivity contribution in [3.63, 3.8) is 0 Å². The number of aliphatic hydroxyl groups is 1. The molecule has 1 aliphatic heterocycles. The second-order valence-corrected chi connectivity index (χ2v) is 11.7. The molecule has 0 amide bonds. The van der Waals surface area contributed by atoms with E-state index in [1.165, 1.54) is 6.08 Å². The van der Waals surface area contributed by atoms with Crippen molar-refractivity contribution in [3.8, 4) is 12.1 Å². The van der Waals surface area contributed by atoms with Crippen LogP contribution in [0.2, 0.25) is 10.0 Å². The summed E-state index contributed by atoms with van der Waals surface area (Å²) >= 11 is 12.5. The number of nitriles is 2. The van der Waals surface area contributed by atoms with E-state index in [0.29, 0.717) is 15.6 Å². The second kappa shape index (κ2) is 11.0. The van der Waals surface area contributed by atoms with Gasteiger partial charge >= 0.3 is 5.97 Å². The first kappa shape index (κ1) is 28.1. The van der Waals surface area contributed by atoms with Gasteiger partial charge in [0.25, 0.3) is 0 Å². The molecule has 4 aromatic rings. The van der Waals surface area contributed by atoms with E-state index in [-0.39, 0.29) is 6.61 Å². The Morgan fingerprint density at radius 2 is 1.60 bits per heavy atom. The van der Waals surface area contributed by atoms with Crippen molar-refractivity contribution in [2.75, 3.05) is 6.61 Å². The van der Waals surface area contributed by atoms with Crippen LogP contribution >= 0.6 is 23.2 Å². The highest BCUT2D eigenvalue weighted by Crippen LogP contribution is 2.66. The Hall–Kier alpha value is -4.07. The lowest BCUT2D eigenvalue weighted by Gasteiger charge is -2.50. The maximum atomic E-state index is 12.5. The number of esters is 1. The minimum atomic E-state index is -1.60. The molecule has 1 fully saturated rings. The van der Waals surface area contributed by atoms with Gasteiger partial charge in [0, 0.05) is 51.0 Å². The van der Waals surface area contributed by atoms with Crippen LogP contribution in [0.15, 0.2) is 91.0 Å². The lowest BCUT2D eigenvalue weighted by molar-refractivity contribution is -0.137. The van der Waals surface area contributed by atoms with Gasteiger partial charge in [-0.25, -0.2) is 4.79 Å². The van der Waals surface area contributed by atoms with E-state index in [9.17, 15) is 20.4 Å². The highest BCUT2D eigenvalue weighted by atomic mass is 35.5. The number of carbonyl (C=O) groups is 1. The van der Waals surface area contributed by atoms with E-state index in [2.05, 4.69) is 16.7 Å². The van der Waals surface area contributed by atoms with Crippen molar-refractivity contribution in [1.82, 2.24) is 4.57 Å². The fourth-order valence-corrected chi connectivity index (χ4v) is 7.52. The normalized spacial score (nSPS) is 25.9. The SMILES string of the molecule is CCOC(=O)/C=C/[C@@H]1[C@H](O)[C@@H]2[C@@H](c3ccc(Cl)cc3)n3c(cc4ccccc43)[C@H]2C(C#N)(C#N)[C@H]1c1ccc(Cl)cc1. The van der Waals surface area contributed by atoms with Crippen LogP contribution in [-0.4, -0.2) is 28.4 Å². The van der Waals surface area contributed by atoms with E-state index in [1.807, 2.05) is 42.5 Å². The molecule has 1 aliphatic carbocycles. The number of ether oxygens (including phenoxy) is 1. The lowest BCUT2D eigenvalue weighted by Crippen LogP contribution is -2.52. The maximum absolute atomic E-state index is 12.5. The quantitative estimate of drug-likeness (QED) is 0.194. The minimum absolute atomic E-state index is 0.198. The topological polar surface area (TPSA) is 99.0 Å². The molecule has 1 saturated carbocycles. The summed E-state index contributed by atoms with van der Waals surface area (Å²) in [5, 5.41) is 36.4. The molecule has 1 aromatic heterocycles. The molecule has 6 rings (SSSR count). The Balaban J connectivity index is 1.64. The molecule has 2 heterocycles. The van der Waals surface area contributed by atoms with Crippen LogP contribution in [0, 0.1) is 39.9 Å². The molecule has 210 valence electrons. The standard InChI is InChI=1S/C34H27Cl2N3O3/c1-2-42-28(40)16-15-25-30(20-7-11-23(35)12-8-20)34(18-37,19-38)31-27-17-22-5-3-4-6-26(22)39(27)32(29(31)33(25)41)21-9-13-24(36)14-10-21/h3-17,25,29-33,41H,2H2,1H3/b16-15+/t25-,29-,30-,31+,32+,33-/m0/s1. The lowest BCUT2D eigenvalue weighted by atomic mass is 9.50. The fourth-order valence-electron chi connectivity index (χ4n) is 7.26. The number of aliphatic hydroxyl groups excluding tert-OH is 1. The number of hydrogen-bond acceptors (Lipinski definition) is 5. The van der Waals surface area contributed by atoms with Gasteiger partial charge in [-0.15, -0.1) is 0 Å². The zero-order valence-corrected chi connectivity index (χ0v) is 24.2. The average molecular weight is 597 g/mol. The Morgan fingerprint density at radius 1 is 0.976 bits per heavy atom. The Morgan fingerprint density at radius 3 is 2.21 bits per heavy atom. The van der Waals surface area contributed by atoms with Gasteiger partial charge in [-0.2, -0.15) is 10.5 Å². The first-order valence-corrected chi connectivity index (χ1v) is 14.6. The number of carbonyl (C=O) groups excluding carboxylic acids is 1. The summed E-state index contributed by atoms with van der Waals surface area (Å²) in [7, 11) is 0. The van der Waals surface area contributed by atoms with Crippen molar-refractivity contribution in [2.45, 2.75) is 30.9 Å². The molecular weight excluding hydrogens is 569 g/mol. The Bertz CT molecular complexity index is 1750. The van der Waals surface area contributed by atoms with Crippen LogP contribution in [0.5, 0.6) is 0 Å². The van der Waals surface area contributed by atoms with Crippen molar-refractivity contribution in [2.24, 2.45) is 17.3 Å². The van der Waals surface area contributed by atoms with E-state index in [4.69, 9.17) is 27.9 Å². The molecule has 0 radical (unpaired) electrons. The molecule has 0 spiro atoms. The van der Waals surface area contributed by atoms with Gasteiger partial charge in [0.15, 0.2) is 5.41 Å². The number of para-hydroxylation sites is 1. The Kier molecular flexibility index (Phi) is 7.33. The predicted octanol–water partition coefficient (Wildman–Crippen LogP) is 7.18. The maximum Gasteiger partial charge on any atom is 0.330 e.